The number of rotatable bonds is 8. The number of aromatic nitrogens is 3. The van der Waals surface area contributed by atoms with Gasteiger partial charge < -0.3 is 11.1 Å². The van der Waals surface area contributed by atoms with Gasteiger partial charge >= 0.3 is 0 Å². The molecule has 8 nitrogen and oxygen atoms in total. The van der Waals surface area contributed by atoms with Crippen molar-refractivity contribution in [2.24, 2.45) is 0 Å². The van der Waals surface area contributed by atoms with Crippen molar-refractivity contribution in [2.45, 2.75) is 19.0 Å². The number of para-hydroxylation sites is 1. The van der Waals surface area contributed by atoms with Crippen LogP contribution < -0.4 is 16.6 Å². The van der Waals surface area contributed by atoms with Crippen molar-refractivity contribution >= 4 is 38.9 Å². The smallest absolute Gasteiger partial charge is 0.277 e. The summed E-state index contributed by atoms with van der Waals surface area (Å²) in [7, 11) is 0. The number of carbonyl (C=O) groups excluding carboxylic acids is 2. The lowest BCUT2D eigenvalue weighted by Crippen LogP contribution is -2.45. The van der Waals surface area contributed by atoms with E-state index in [4.69, 9.17) is 5.73 Å². The van der Waals surface area contributed by atoms with Gasteiger partial charge in [0, 0.05) is 12.0 Å². The second kappa shape index (κ2) is 10.7. The molecular weight excluding hydrogens is 505 g/mol. The first kappa shape index (κ1) is 25.0. The summed E-state index contributed by atoms with van der Waals surface area (Å²) in [6, 6.07) is 21.2. The topological polar surface area (TPSA) is 120 Å². The number of hydrogen-bond acceptors (Lipinski definition) is 7. The molecule has 3 aromatic carbocycles. The summed E-state index contributed by atoms with van der Waals surface area (Å²) in [6.07, 6.45) is 1.43. The molecule has 0 fully saturated rings. The second-order valence-corrected chi connectivity index (χ2v) is 9.63. The van der Waals surface area contributed by atoms with Gasteiger partial charge in [-0.2, -0.15) is 0 Å². The van der Waals surface area contributed by atoms with Crippen LogP contribution in [0.2, 0.25) is 0 Å². The van der Waals surface area contributed by atoms with E-state index in [1.54, 1.807) is 0 Å². The van der Waals surface area contributed by atoms with Crippen molar-refractivity contribution in [3.8, 4) is 11.4 Å². The zero-order valence-corrected chi connectivity index (χ0v) is 20.8. The van der Waals surface area contributed by atoms with Crippen molar-refractivity contribution in [2.75, 3.05) is 5.73 Å². The highest BCUT2D eigenvalue weighted by Crippen LogP contribution is 2.23. The van der Waals surface area contributed by atoms with Gasteiger partial charge in [-0.25, -0.2) is 14.4 Å². The lowest BCUT2D eigenvalue weighted by atomic mass is 10.0. The molecule has 0 aliphatic heterocycles. The van der Waals surface area contributed by atoms with E-state index < -0.39 is 29.9 Å². The van der Waals surface area contributed by atoms with Gasteiger partial charge in [0.25, 0.3) is 5.56 Å². The minimum atomic E-state index is -0.926. The fourth-order valence-electron chi connectivity index (χ4n) is 4.05. The van der Waals surface area contributed by atoms with Crippen LogP contribution in [0.3, 0.4) is 0 Å². The molecule has 38 heavy (non-hydrogen) atoms. The van der Waals surface area contributed by atoms with Gasteiger partial charge in [0.05, 0.1) is 22.5 Å². The Bertz CT molecular complexity index is 1650. The van der Waals surface area contributed by atoms with E-state index in [0.717, 1.165) is 14.8 Å². The van der Waals surface area contributed by atoms with Crippen molar-refractivity contribution in [3.05, 3.63) is 112 Å². The van der Waals surface area contributed by atoms with Crippen LogP contribution in [0.15, 0.2) is 89.9 Å². The third-order valence-corrected chi connectivity index (χ3v) is 6.97. The Hall–Kier alpha value is -4.70. The molecule has 190 valence electrons. The van der Waals surface area contributed by atoms with E-state index >= 15 is 0 Å². The third kappa shape index (κ3) is 5.35. The maximum atomic E-state index is 13.5. The molecule has 2 aromatic heterocycles. The molecule has 1 atom stereocenters. The van der Waals surface area contributed by atoms with E-state index in [1.165, 1.54) is 41.8 Å². The van der Waals surface area contributed by atoms with Gasteiger partial charge in [-0.05, 0) is 42.0 Å². The molecule has 0 radical (unpaired) electrons. The normalized spacial score (nSPS) is 11.8. The predicted octanol–water partition coefficient (Wildman–Crippen LogP) is 3.85. The minimum Gasteiger partial charge on any atom is -0.393 e. The molecule has 5 aromatic rings. The lowest BCUT2D eigenvalue weighted by Gasteiger charge is -2.18. The highest BCUT2D eigenvalue weighted by Gasteiger charge is 2.26. The fourth-order valence-corrected chi connectivity index (χ4v) is 5.01. The van der Waals surface area contributed by atoms with Gasteiger partial charge in [0.1, 0.15) is 23.9 Å². The van der Waals surface area contributed by atoms with Crippen molar-refractivity contribution in [3.63, 3.8) is 0 Å². The highest BCUT2D eigenvalue weighted by atomic mass is 32.1. The zero-order chi connectivity index (χ0) is 26.6. The highest BCUT2D eigenvalue weighted by molar-refractivity contribution is 7.20. The number of nitrogens with zero attached hydrogens (tertiary/aromatic N) is 3. The molecule has 3 N–H and O–H groups in total. The van der Waals surface area contributed by atoms with Gasteiger partial charge in [0.15, 0.2) is 5.01 Å². The maximum Gasteiger partial charge on any atom is 0.277 e. The number of nitrogen functional groups attached to an aromatic ring is 1. The van der Waals surface area contributed by atoms with Crippen molar-refractivity contribution in [1.82, 2.24) is 19.9 Å². The van der Waals surface area contributed by atoms with Gasteiger partial charge in [-0.15, -0.1) is 11.3 Å². The molecule has 0 saturated heterocycles. The quantitative estimate of drug-likeness (QED) is 0.296. The summed E-state index contributed by atoms with van der Waals surface area (Å²) in [5.41, 5.74) is 7.00. The number of nitrogens with two attached hydrogens (primary N) is 1. The Morgan fingerprint density at radius 3 is 2.45 bits per heavy atom. The van der Waals surface area contributed by atoms with Crippen LogP contribution in [-0.2, 0) is 17.8 Å². The molecule has 2 heterocycles. The average Bonchev–Trinajstić information content (AvgIpc) is 3.36. The Morgan fingerprint density at radius 1 is 1.00 bits per heavy atom. The fraction of sp³-hybridized carbons (Fsp3) is 0.107. The number of Topliss-reactive ketones (excluding diaryl/α,β-unsaturated/α-hetero) is 1. The van der Waals surface area contributed by atoms with E-state index in [-0.39, 0.29) is 28.7 Å². The Morgan fingerprint density at radius 2 is 1.71 bits per heavy atom. The summed E-state index contributed by atoms with van der Waals surface area (Å²) in [4.78, 5) is 48.3. The summed E-state index contributed by atoms with van der Waals surface area (Å²) in [5, 5.41) is 3.06. The molecule has 0 unspecified atom stereocenters. The molecule has 0 bridgehead atoms. The number of anilines is 1. The molecule has 0 aliphatic carbocycles. The monoisotopic (exact) mass is 527 g/mol. The summed E-state index contributed by atoms with van der Waals surface area (Å²) in [6.45, 7) is -0.442. The van der Waals surface area contributed by atoms with Crippen molar-refractivity contribution in [1.29, 1.82) is 0 Å². The van der Waals surface area contributed by atoms with Crippen LogP contribution in [0.5, 0.6) is 0 Å². The second-order valence-electron chi connectivity index (χ2n) is 8.60. The number of halogens is 1. The Balaban J connectivity index is 1.45. The van der Waals surface area contributed by atoms with Crippen LogP contribution in [0, 0.1) is 5.82 Å². The van der Waals surface area contributed by atoms with Crippen LogP contribution in [0.25, 0.3) is 21.6 Å². The summed E-state index contributed by atoms with van der Waals surface area (Å²) >= 11 is 1.26. The number of thiazole rings is 1. The van der Waals surface area contributed by atoms with Gasteiger partial charge in [-0.1, -0.05) is 42.5 Å². The largest absolute Gasteiger partial charge is 0.393 e. The zero-order valence-electron chi connectivity index (χ0n) is 20.0. The molecule has 5 rings (SSSR count). The van der Waals surface area contributed by atoms with Gasteiger partial charge in [-0.3, -0.25) is 19.0 Å². The Kier molecular flexibility index (Phi) is 7.05. The number of benzene rings is 3. The van der Waals surface area contributed by atoms with E-state index in [9.17, 15) is 18.8 Å². The number of nitrogens with one attached hydrogen (secondary N) is 1. The molecule has 10 heteroatoms. The van der Waals surface area contributed by atoms with Crippen LogP contribution in [0.4, 0.5) is 10.1 Å². The first-order chi connectivity index (χ1) is 18.4. The first-order valence-corrected chi connectivity index (χ1v) is 12.5. The summed E-state index contributed by atoms with van der Waals surface area (Å²) < 4.78 is 15.4. The minimum absolute atomic E-state index is 0.143. The molecule has 0 spiro atoms. The molecular formula is C28H22FN5O3S. The Labute approximate surface area is 220 Å². The van der Waals surface area contributed by atoms with E-state index in [0.29, 0.717) is 11.1 Å². The number of ketones is 1. The lowest BCUT2D eigenvalue weighted by molar-refractivity contribution is -0.122. The molecule has 1 amide bonds. The van der Waals surface area contributed by atoms with Crippen LogP contribution in [0.1, 0.15) is 15.4 Å². The predicted molar refractivity (Wildman–Crippen MR) is 144 cm³/mol. The third-order valence-electron chi connectivity index (χ3n) is 5.92. The average molecular weight is 528 g/mol. The van der Waals surface area contributed by atoms with Crippen molar-refractivity contribution < 1.29 is 14.0 Å². The molecule has 0 aliphatic rings. The number of amides is 1. The molecule has 0 saturated carbocycles. The van der Waals surface area contributed by atoms with Crippen LogP contribution >= 0.6 is 11.3 Å². The van der Waals surface area contributed by atoms with E-state index in [2.05, 4.69) is 15.3 Å². The SMILES string of the molecule is Nc1cnc(-c2ccc(F)cc2)n(CC(=O)N[C@@H](Cc2ccccc2)C(=O)c2nc3ccccc3s2)c1=O. The van der Waals surface area contributed by atoms with Gasteiger partial charge in [0.2, 0.25) is 11.7 Å². The van der Waals surface area contributed by atoms with Crippen LogP contribution in [-0.4, -0.2) is 32.3 Å². The van der Waals surface area contributed by atoms with E-state index in [1.807, 2.05) is 54.6 Å². The number of fused-ring (bicyclic) bond motifs is 1. The standard InChI is InChI=1S/C28H22FN5O3S/c29-19-12-10-18(11-13-19)26-31-15-20(30)28(37)34(26)16-24(35)32-22(14-17-6-2-1-3-7-17)25(36)27-33-21-8-4-5-9-23(21)38-27/h1-13,15,22H,14,16,30H2,(H,32,35)/t22-/m0/s1. The number of hydrogen-bond donors (Lipinski definition) is 2. The maximum absolute atomic E-state index is 13.5. The number of carbonyl (C=O) groups is 2. The summed E-state index contributed by atoms with van der Waals surface area (Å²) in [5.74, 6) is -1.22. The first-order valence-electron chi connectivity index (χ1n) is 11.7.